The van der Waals surface area contributed by atoms with Crippen molar-refractivity contribution in [3.8, 4) is 0 Å². The second-order valence-corrected chi connectivity index (χ2v) is 4.91. The minimum Gasteiger partial charge on any atom is -0.325 e. The Bertz CT molecular complexity index is 403. The third-order valence-corrected chi connectivity index (χ3v) is 3.33. The molecule has 20 heavy (non-hydrogen) atoms. The van der Waals surface area contributed by atoms with Gasteiger partial charge in [0, 0.05) is 24.8 Å². The van der Waals surface area contributed by atoms with Gasteiger partial charge >= 0.3 is 6.03 Å². The minimum absolute atomic E-state index is 0.0261. The number of hydrogen-bond donors (Lipinski definition) is 2. The smallest absolute Gasteiger partial charge is 0.321 e. The highest BCUT2D eigenvalue weighted by Gasteiger charge is 2.10. The molecule has 0 radical (unpaired) electrons. The van der Waals surface area contributed by atoms with Crippen molar-refractivity contribution in [2.24, 2.45) is 0 Å². The third-order valence-electron chi connectivity index (χ3n) is 3.33. The highest BCUT2D eigenvalue weighted by Crippen LogP contribution is 2.16. The van der Waals surface area contributed by atoms with Crippen LogP contribution in [0, 0.1) is 0 Å². The molecular formula is C16H27N3O. The molecule has 4 heteroatoms. The van der Waals surface area contributed by atoms with E-state index >= 15 is 0 Å². The van der Waals surface area contributed by atoms with E-state index in [-0.39, 0.29) is 6.03 Å². The van der Waals surface area contributed by atoms with E-state index in [0.29, 0.717) is 6.04 Å². The van der Waals surface area contributed by atoms with E-state index in [9.17, 15) is 4.79 Å². The van der Waals surface area contributed by atoms with Crippen LogP contribution in [0.3, 0.4) is 0 Å². The van der Waals surface area contributed by atoms with Crippen molar-refractivity contribution in [1.82, 2.24) is 10.2 Å². The number of carbonyl (C=O) groups is 1. The Hall–Kier alpha value is -1.55. The van der Waals surface area contributed by atoms with Gasteiger partial charge in [0.2, 0.25) is 0 Å². The topological polar surface area (TPSA) is 44.4 Å². The predicted octanol–water partition coefficient (Wildman–Crippen LogP) is 3.62. The lowest BCUT2D eigenvalue weighted by atomic mass is 10.1. The van der Waals surface area contributed by atoms with E-state index in [1.165, 1.54) is 5.56 Å². The average molecular weight is 277 g/mol. The Morgan fingerprint density at radius 2 is 1.85 bits per heavy atom. The molecule has 1 unspecified atom stereocenters. The van der Waals surface area contributed by atoms with Gasteiger partial charge in [-0.3, -0.25) is 0 Å². The van der Waals surface area contributed by atoms with E-state index in [2.05, 4.69) is 43.5 Å². The van der Waals surface area contributed by atoms with Gasteiger partial charge in [-0.1, -0.05) is 26.0 Å². The maximum absolute atomic E-state index is 12.1. The molecule has 112 valence electrons. The molecule has 2 amide bonds. The first-order valence-electron chi connectivity index (χ1n) is 7.51. The van der Waals surface area contributed by atoms with E-state index in [1.807, 2.05) is 24.0 Å². The van der Waals surface area contributed by atoms with Gasteiger partial charge in [-0.05, 0) is 44.5 Å². The predicted molar refractivity (Wildman–Crippen MR) is 85.1 cm³/mol. The fraction of sp³-hybridized carbons (Fsp3) is 0.562. The number of urea groups is 1. The average Bonchev–Trinajstić information content (AvgIpc) is 2.45. The SMILES string of the molecule is CCCN(CC)C(=O)Nc1ccc(C(C)NCC)cc1. The zero-order valence-corrected chi connectivity index (χ0v) is 13.1. The number of rotatable bonds is 7. The maximum Gasteiger partial charge on any atom is 0.321 e. The molecule has 4 nitrogen and oxygen atoms in total. The maximum atomic E-state index is 12.1. The molecule has 0 aromatic heterocycles. The molecule has 0 aliphatic rings. The standard InChI is InChI=1S/C16H27N3O/c1-5-12-19(7-3)16(20)18-15-10-8-14(9-11-15)13(4)17-6-2/h8-11,13,17H,5-7,12H2,1-4H3,(H,18,20). The van der Waals surface area contributed by atoms with E-state index in [4.69, 9.17) is 0 Å². The van der Waals surface area contributed by atoms with Crippen LogP contribution in [0.5, 0.6) is 0 Å². The van der Waals surface area contributed by atoms with Gasteiger partial charge in [0.1, 0.15) is 0 Å². The molecule has 0 spiro atoms. The second kappa shape index (κ2) is 8.59. The number of anilines is 1. The monoisotopic (exact) mass is 277 g/mol. The number of hydrogen-bond acceptors (Lipinski definition) is 2. The highest BCUT2D eigenvalue weighted by molar-refractivity contribution is 5.89. The molecule has 0 fully saturated rings. The lowest BCUT2D eigenvalue weighted by Gasteiger charge is -2.21. The normalized spacial score (nSPS) is 12.0. The molecule has 0 saturated heterocycles. The summed E-state index contributed by atoms with van der Waals surface area (Å²) in [6, 6.07) is 8.33. The lowest BCUT2D eigenvalue weighted by molar-refractivity contribution is 0.214. The number of nitrogens with one attached hydrogen (secondary N) is 2. The van der Waals surface area contributed by atoms with Crippen LogP contribution < -0.4 is 10.6 Å². The van der Waals surface area contributed by atoms with Gasteiger partial charge in [0.25, 0.3) is 0 Å². The number of benzene rings is 1. The molecule has 0 aliphatic carbocycles. The summed E-state index contributed by atoms with van der Waals surface area (Å²) in [5, 5.41) is 6.31. The molecule has 2 N–H and O–H groups in total. The molecule has 1 aromatic rings. The number of nitrogens with zero attached hydrogens (tertiary/aromatic N) is 1. The Morgan fingerprint density at radius 3 is 2.35 bits per heavy atom. The minimum atomic E-state index is -0.0261. The Balaban J connectivity index is 2.62. The largest absolute Gasteiger partial charge is 0.325 e. The Morgan fingerprint density at radius 1 is 1.20 bits per heavy atom. The van der Waals surface area contributed by atoms with Crippen molar-refractivity contribution in [1.29, 1.82) is 0 Å². The summed E-state index contributed by atoms with van der Waals surface area (Å²) in [7, 11) is 0. The number of carbonyl (C=O) groups excluding carboxylic acids is 1. The fourth-order valence-electron chi connectivity index (χ4n) is 2.15. The van der Waals surface area contributed by atoms with Crippen molar-refractivity contribution in [2.75, 3.05) is 25.0 Å². The zero-order chi connectivity index (χ0) is 15.0. The number of amides is 2. The summed E-state index contributed by atoms with van der Waals surface area (Å²) >= 11 is 0. The lowest BCUT2D eigenvalue weighted by Crippen LogP contribution is -2.35. The zero-order valence-electron chi connectivity index (χ0n) is 13.1. The molecule has 1 rings (SSSR count). The van der Waals surface area contributed by atoms with Crippen molar-refractivity contribution >= 4 is 11.7 Å². The highest BCUT2D eigenvalue weighted by atomic mass is 16.2. The van der Waals surface area contributed by atoms with Gasteiger partial charge in [0.15, 0.2) is 0 Å². The summed E-state index contributed by atoms with van der Waals surface area (Å²) in [5.74, 6) is 0. The first kappa shape index (κ1) is 16.5. The molecule has 0 heterocycles. The molecule has 0 aliphatic heterocycles. The van der Waals surface area contributed by atoms with Crippen LogP contribution in [0.15, 0.2) is 24.3 Å². The van der Waals surface area contributed by atoms with Gasteiger partial charge in [-0.15, -0.1) is 0 Å². The van der Waals surface area contributed by atoms with E-state index < -0.39 is 0 Å². The quantitative estimate of drug-likeness (QED) is 0.799. The Labute approximate surface area is 122 Å². The van der Waals surface area contributed by atoms with Crippen LogP contribution in [0.1, 0.15) is 45.7 Å². The van der Waals surface area contributed by atoms with Gasteiger partial charge in [-0.25, -0.2) is 4.79 Å². The Kier molecular flexibility index (Phi) is 7.09. The van der Waals surface area contributed by atoms with Gasteiger partial charge in [-0.2, -0.15) is 0 Å². The summed E-state index contributed by atoms with van der Waals surface area (Å²) in [4.78, 5) is 13.9. The summed E-state index contributed by atoms with van der Waals surface area (Å²) in [6.07, 6.45) is 0.973. The summed E-state index contributed by atoms with van der Waals surface area (Å²) in [6.45, 7) is 10.8. The second-order valence-electron chi connectivity index (χ2n) is 4.91. The van der Waals surface area contributed by atoms with Crippen LogP contribution in [-0.4, -0.2) is 30.6 Å². The van der Waals surface area contributed by atoms with Crippen LogP contribution in [0.25, 0.3) is 0 Å². The first-order valence-corrected chi connectivity index (χ1v) is 7.51. The fourth-order valence-corrected chi connectivity index (χ4v) is 2.15. The molecule has 0 saturated carbocycles. The van der Waals surface area contributed by atoms with Gasteiger partial charge in [0.05, 0.1) is 0 Å². The molecule has 1 atom stereocenters. The molecular weight excluding hydrogens is 250 g/mol. The van der Waals surface area contributed by atoms with Crippen LogP contribution in [-0.2, 0) is 0 Å². The van der Waals surface area contributed by atoms with Crippen molar-refractivity contribution in [3.05, 3.63) is 29.8 Å². The van der Waals surface area contributed by atoms with Crippen molar-refractivity contribution in [2.45, 2.75) is 40.2 Å². The van der Waals surface area contributed by atoms with E-state index in [1.54, 1.807) is 0 Å². The van der Waals surface area contributed by atoms with Crippen LogP contribution >= 0.6 is 0 Å². The van der Waals surface area contributed by atoms with Crippen LogP contribution in [0.4, 0.5) is 10.5 Å². The van der Waals surface area contributed by atoms with E-state index in [0.717, 1.165) is 31.7 Å². The van der Waals surface area contributed by atoms with Crippen molar-refractivity contribution in [3.63, 3.8) is 0 Å². The van der Waals surface area contributed by atoms with Crippen LogP contribution in [0.2, 0.25) is 0 Å². The van der Waals surface area contributed by atoms with Gasteiger partial charge < -0.3 is 15.5 Å². The van der Waals surface area contributed by atoms with Crippen molar-refractivity contribution < 1.29 is 4.79 Å². The molecule has 1 aromatic carbocycles. The first-order chi connectivity index (χ1) is 9.62. The summed E-state index contributed by atoms with van der Waals surface area (Å²) in [5.41, 5.74) is 2.07. The third kappa shape index (κ3) is 4.85. The molecule has 0 bridgehead atoms. The summed E-state index contributed by atoms with van der Waals surface area (Å²) < 4.78 is 0.